The molecule has 0 saturated carbocycles. The summed E-state index contributed by atoms with van der Waals surface area (Å²) in [6, 6.07) is 7.26. The van der Waals surface area contributed by atoms with Crippen LogP contribution in [0.3, 0.4) is 0 Å². The van der Waals surface area contributed by atoms with Crippen LogP contribution in [0.25, 0.3) is 11.1 Å². The van der Waals surface area contributed by atoms with Crippen LogP contribution in [0.4, 0.5) is 0 Å². The Hall–Kier alpha value is -2.41. The minimum absolute atomic E-state index is 0.0615. The van der Waals surface area contributed by atoms with Crippen molar-refractivity contribution in [3.05, 3.63) is 30.2 Å². The van der Waals surface area contributed by atoms with Crippen LogP contribution >= 0.6 is 0 Å². The minimum Gasteiger partial charge on any atom is -0.440 e. The Morgan fingerprint density at radius 3 is 3.08 bits per heavy atom. The summed E-state index contributed by atoms with van der Waals surface area (Å²) >= 11 is 0. The smallest absolute Gasteiger partial charge is 0.232 e. The van der Waals surface area contributed by atoms with E-state index in [1.165, 1.54) is 0 Å². The fourth-order valence-electron chi connectivity index (χ4n) is 4.32. The molecule has 0 unspecified atom stereocenters. The van der Waals surface area contributed by atoms with E-state index in [1.54, 1.807) is 4.90 Å². The molecule has 5 rings (SSSR count). The second-order valence-electron chi connectivity index (χ2n) is 6.55. The van der Waals surface area contributed by atoms with Gasteiger partial charge in [-0.15, -0.1) is 0 Å². The van der Waals surface area contributed by atoms with Crippen molar-refractivity contribution in [2.24, 2.45) is 0 Å². The van der Waals surface area contributed by atoms with Crippen LogP contribution in [-0.4, -0.2) is 58.1 Å². The lowest BCUT2D eigenvalue weighted by molar-refractivity contribution is -0.139. The van der Waals surface area contributed by atoms with E-state index in [0.717, 1.165) is 5.52 Å². The van der Waals surface area contributed by atoms with Gasteiger partial charge in [0.2, 0.25) is 17.7 Å². The van der Waals surface area contributed by atoms with E-state index in [0.29, 0.717) is 44.0 Å². The highest BCUT2D eigenvalue weighted by Gasteiger charge is 2.62. The number of ether oxygens (including phenoxy) is 1. The van der Waals surface area contributed by atoms with Crippen molar-refractivity contribution in [2.75, 3.05) is 19.7 Å². The average Bonchev–Trinajstić information content (AvgIpc) is 3.28. The van der Waals surface area contributed by atoms with E-state index in [2.05, 4.69) is 4.98 Å². The number of aromatic nitrogens is 1. The Morgan fingerprint density at radius 2 is 2.21 bits per heavy atom. The zero-order chi connectivity index (χ0) is 16.3. The molecule has 7 heteroatoms. The molecule has 124 valence electrons. The van der Waals surface area contributed by atoms with Crippen LogP contribution < -0.4 is 0 Å². The highest BCUT2D eigenvalue weighted by Crippen LogP contribution is 2.45. The summed E-state index contributed by atoms with van der Waals surface area (Å²) in [6.45, 7) is 1.78. The average molecular weight is 327 g/mol. The number of benzene rings is 1. The van der Waals surface area contributed by atoms with Gasteiger partial charge in [-0.05, 0) is 12.1 Å². The van der Waals surface area contributed by atoms with E-state index >= 15 is 0 Å². The van der Waals surface area contributed by atoms with Gasteiger partial charge in [0, 0.05) is 19.5 Å². The number of amides is 2. The van der Waals surface area contributed by atoms with Crippen LogP contribution in [-0.2, 0) is 20.7 Å². The maximum absolute atomic E-state index is 12.8. The molecule has 0 aliphatic carbocycles. The van der Waals surface area contributed by atoms with Gasteiger partial charge >= 0.3 is 0 Å². The quantitative estimate of drug-likeness (QED) is 0.820. The first-order valence-corrected chi connectivity index (χ1v) is 8.26. The van der Waals surface area contributed by atoms with Crippen molar-refractivity contribution in [3.8, 4) is 0 Å². The van der Waals surface area contributed by atoms with Gasteiger partial charge in [-0.1, -0.05) is 12.1 Å². The molecule has 3 aliphatic rings. The highest BCUT2D eigenvalue weighted by atomic mass is 16.5. The first kappa shape index (κ1) is 14.0. The summed E-state index contributed by atoms with van der Waals surface area (Å²) in [5.41, 5.74) is 0.840. The van der Waals surface area contributed by atoms with Crippen molar-refractivity contribution in [2.45, 2.75) is 31.0 Å². The Bertz CT molecular complexity index is 814. The van der Waals surface area contributed by atoms with E-state index in [1.807, 2.05) is 29.2 Å². The Morgan fingerprint density at radius 1 is 1.33 bits per heavy atom. The van der Waals surface area contributed by atoms with Crippen molar-refractivity contribution >= 4 is 22.9 Å². The molecule has 0 radical (unpaired) electrons. The number of nitrogens with zero attached hydrogens (tertiary/aromatic N) is 3. The molecule has 0 bridgehead atoms. The van der Waals surface area contributed by atoms with E-state index < -0.39 is 5.72 Å². The van der Waals surface area contributed by atoms with Crippen molar-refractivity contribution in [1.82, 2.24) is 14.8 Å². The largest absolute Gasteiger partial charge is 0.440 e. The fourth-order valence-corrected chi connectivity index (χ4v) is 4.32. The molecule has 4 heterocycles. The van der Waals surface area contributed by atoms with Gasteiger partial charge in [-0.25, -0.2) is 4.98 Å². The number of rotatable bonds is 2. The Balaban J connectivity index is 1.39. The van der Waals surface area contributed by atoms with Crippen LogP contribution in [0, 0.1) is 0 Å². The number of likely N-dealkylation sites (tertiary alicyclic amines) is 1. The second kappa shape index (κ2) is 4.80. The zero-order valence-electron chi connectivity index (χ0n) is 13.1. The molecule has 7 nitrogen and oxygen atoms in total. The lowest BCUT2D eigenvalue weighted by Crippen LogP contribution is -2.49. The number of hydrogen-bond acceptors (Lipinski definition) is 5. The second-order valence-corrected chi connectivity index (χ2v) is 6.55. The Labute approximate surface area is 138 Å². The molecule has 3 saturated heterocycles. The summed E-state index contributed by atoms with van der Waals surface area (Å²) in [5.74, 6) is 0.432. The highest BCUT2D eigenvalue weighted by molar-refractivity contribution is 5.85. The van der Waals surface area contributed by atoms with Crippen LogP contribution in [0.1, 0.15) is 18.7 Å². The van der Waals surface area contributed by atoms with Crippen LogP contribution in [0.2, 0.25) is 0 Å². The summed E-state index contributed by atoms with van der Waals surface area (Å²) in [6.07, 6.45) is 1.14. The standard InChI is InChI=1S/C17H17N3O4/c21-15(10-14-18-11-3-1-2-4-12(11)24-14)19-6-5-17-13(19)9-16(22)20(17)7-8-23-17/h1-4,13H,5-10H2/t13-,17+/m1/s1. The molecule has 0 N–H and O–H groups in total. The summed E-state index contributed by atoms with van der Waals surface area (Å²) in [7, 11) is 0. The SMILES string of the molecule is O=C(Cc1nc2ccccc2o1)N1CC[C@@]23OCCN2C(=O)C[C@@H]13. The number of carbonyl (C=O) groups is 2. The zero-order valence-corrected chi connectivity index (χ0v) is 13.1. The predicted molar refractivity (Wildman–Crippen MR) is 82.8 cm³/mol. The van der Waals surface area contributed by atoms with Gasteiger partial charge in [0.1, 0.15) is 11.9 Å². The number of para-hydroxylation sites is 2. The minimum atomic E-state index is -0.589. The van der Waals surface area contributed by atoms with Crippen molar-refractivity contribution in [1.29, 1.82) is 0 Å². The monoisotopic (exact) mass is 327 g/mol. The maximum Gasteiger partial charge on any atom is 0.232 e. The van der Waals surface area contributed by atoms with Gasteiger partial charge in [-0.3, -0.25) is 9.59 Å². The normalized spacial score (nSPS) is 28.7. The number of hydrogen-bond donors (Lipinski definition) is 0. The molecule has 1 aromatic heterocycles. The number of oxazole rings is 1. The van der Waals surface area contributed by atoms with Crippen molar-refractivity contribution < 1.29 is 18.7 Å². The van der Waals surface area contributed by atoms with E-state index in [-0.39, 0.29) is 24.3 Å². The van der Waals surface area contributed by atoms with Crippen LogP contribution in [0.15, 0.2) is 28.7 Å². The molecule has 2 aromatic rings. The fraction of sp³-hybridized carbons (Fsp3) is 0.471. The molecule has 1 aromatic carbocycles. The van der Waals surface area contributed by atoms with E-state index in [9.17, 15) is 9.59 Å². The van der Waals surface area contributed by atoms with E-state index in [4.69, 9.17) is 9.15 Å². The molecular weight excluding hydrogens is 310 g/mol. The molecule has 2 amide bonds. The first-order chi connectivity index (χ1) is 11.7. The van der Waals surface area contributed by atoms with Gasteiger partial charge in [0.15, 0.2) is 11.3 Å². The topological polar surface area (TPSA) is 75.9 Å². The summed E-state index contributed by atoms with van der Waals surface area (Å²) in [4.78, 5) is 32.9. The lowest BCUT2D eigenvalue weighted by atomic mass is 10.1. The van der Waals surface area contributed by atoms with Gasteiger partial charge in [-0.2, -0.15) is 0 Å². The molecule has 2 atom stereocenters. The van der Waals surface area contributed by atoms with Gasteiger partial charge < -0.3 is 19.0 Å². The summed E-state index contributed by atoms with van der Waals surface area (Å²) in [5, 5.41) is 0. The third-order valence-electron chi connectivity index (χ3n) is 5.36. The molecule has 3 fully saturated rings. The first-order valence-electron chi connectivity index (χ1n) is 8.26. The summed E-state index contributed by atoms with van der Waals surface area (Å²) < 4.78 is 11.6. The Kier molecular flexibility index (Phi) is 2.79. The third-order valence-corrected chi connectivity index (χ3v) is 5.36. The van der Waals surface area contributed by atoms with Gasteiger partial charge in [0.05, 0.1) is 19.1 Å². The molecule has 3 aliphatic heterocycles. The predicted octanol–water partition coefficient (Wildman–Crippen LogP) is 0.930. The van der Waals surface area contributed by atoms with Crippen LogP contribution in [0.5, 0.6) is 0 Å². The lowest BCUT2D eigenvalue weighted by Gasteiger charge is -2.31. The molecule has 1 spiro atoms. The third kappa shape index (κ3) is 1.78. The maximum atomic E-state index is 12.8. The number of carbonyl (C=O) groups excluding carboxylic acids is 2. The number of fused-ring (bicyclic) bond motifs is 1. The van der Waals surface area contributed by atoms with Crippen molar-refractivity contribution in [3.63, 3.8) is 0 Å². The molecule has 24 heavy (non-hydrogen) atoms. The van der Waals surface area contributed by atoms with Gasteiger partial charge in [0.25, 0.3) is 0 Å². The molecular formula is C17H17N3O4.